The van der Waals surface area contributed by atoms with Crippen LogP contribution in [0.3, 0.4) is 0 Å². The molecule has 1 aromatic heterocycles. The second-order valence-corrected chi connectivity index (χ2v) is 5.84. The highest BCUT2D eigenvalue weighted by molar-refractivity contribution is 7.89. The van der Waals surface area contributed by atoms with Gasteiger partial charge in [-0.25, -0.2) is 13.1 Å². The van der Waals surface area contributed by atoms with Gasteiger partial charge in [-0.15, -0.1) is 0 Å². The first-order chi connectivity index (χ1) is 8.00. The van der Waals surface area contributed by atoms with Crippen LogP contribution >= 0.6 is 0 Å². The van der Waals surface area contributed by atoms with Gasteiger partial charge in [0.25, 0.3) is 0 Å². The molecule has 2 rings (SSSR count). The molecule has 0 radical (unpaired) electrons. The molecule has 17 heavy (non-hydrogen) atoms. The maximum absolute atomic E-state index is 12.0. The van der Waals surface area contributed by atoms with Gasteiger partial charge in [-0.2, -0.15) is 0 Å². The third kappa shape index (κ3) is 2.67. The van der Waals surface area contributed by atoms with Gasteiger partial charge in [-0.05, 0) is 26.7 Å². The normalized spacial score (nSPS) is 20.9. The summed E-state index contributed by atoms with van der Waals surface area (Å²) < 4.78 is 36.8. The van der Waals surface area contributed by atoms with E-state index in [2.05, 4.69) is 9.88 Å². The van der Waals surface area contributed by atoms with E-state index in [-0.39, 0.29) is 11.0 Å². The minimum Gasteiger partial charge on any atom is -0.377 e. The van der Waals surface area contributed by atoms with E-state index in [0.717, 1.165) is 12.8 Å². The van der Waals surface area contributed by atoms with Gasteiger partial charge in [-0.3, -0.25) is 0 Å². The molecule has 0 bridgehead atoms. The van der Waals surface area contributed by atoms with Gasteiger partial charge in [0.2, 0.25) is 10.0 Å². The Morgan fingerprint density at radius 3 is 2.76 bits per heavy atom. The lowest BCUT2D eigenvalue weighted by atomic mass is 10.2. The number of hydrogen-bond acceptors (Lipinski definition) is 5. The number of ether oxygens (including phenoxy) is 1. The van der Waals surface area contributed by atoms with Gasteiger partial charge < -0.3 is 9.26 Å². The van der Waals surface area contributed by atoms with Gasteiger partial charge in [-0.1, -0.05) is 5.16 Å². The first-order valence-electron chi connectivity index (χ1n) is 5.55. The number of hydrogen-bond donors (Lipinski definition) is 1. The Morgan fingerprint density at radius 2 is 2.24 bits per heavy atom. The molecule has 0 aromatic carbocycles. The number of nitrogens with one attached hydrogen (secondary N) is 1. The fourth-order valence-electron chi connectivity index (χ4n) is 1.94. The lowest BCUT2D eigenvalue weighted by molar-refractivity contribution is 0.114. The van der Waals surface area contributed by atoms with E-state index < -0.39 is 10.0 Å². The second kappa shape index (κ2) is 4.75. The molecule has 96 valence electrons. The van der Waals surface area contributed by atoms with Crippen molar-refractivity contribution in [2.75, 3.05) is 13.2 Å². The Kier molecular flexibility index (Phi) is 3.50. The SMILES string of the molecule is Cc1noc(C)c1S(=O)(=O)NC[C@H]1CCCO1. The van der Waals surface area contributed by atoms with E-state index in [0.29, 0.717) is 24.6 Å². The quantitative estimate of drug-likeness (QED) is 0.864. The largest absolute Gasteiger partial charge is 0.377 e. The molecule has 1 aliphatic heterocycles. The number of aromatic nitrogens is 1. The third-order valence-corrected chi connectivity index (χ3v) is 4.43. The molecule has 0 amide bonds. The van der Waals surface area contributed by atoms with E-state index >= 15 is 0 Å². The predicted molar refractivity (Wildman–Crippen MR) is 60.1 cm³/mol. The highest BCUT2D eigenvalue weighted by atomic mass is 32.2. The van der Waals surface area contributed by atoms with Crippen molar-refractivity contribution in [1.29, 1.82) is 0 Å². The average Bonchev–Trinajstić information content (AvgIpc) is 2.86. The molecule has 1 atom stereocenters. The lowest BCUT2D eigenvalue weighted by Gasteiger charge is -2.10. The van der Waals surface area contributed by atoms with Gasteiger partial charge in [0.05, 0.1) is 6.10 Å². The monoisotopic (exact) mass is 260 g/mol. The Hall–Kier alpha value is -0.920. The zero-order valence-electron chi connectivity index (χ0n) is 9.89. The zero-order chi connectivity index (χ0) is 12.5. The van der Waals surface area contributed by atoms with E-state index in [4.69, 9.17) is 9.26 Å². The summed E-state index contributed by atoms with van der Waals surface area (Å²) in [6.45, 7) is 4.20. The number of nitrogens with zero attached hydrogens (tertiary/aromatic N) is 1. The summed E-state index contributed by atoms with van der Waals surface area (Å²) in [5.41, 5.74) is 0.377. The third-order valence-electron chi connectivity index (χ3n) is 2.76. The van der Waals surface area contributed by atoms with Crippen molar-refractivity contribution in [1.82, 2.24) is 9.88 Å². The van der Waals surface area contributed by atoms with E-state index in [1.54, 1.807) is 13.8 Å². The van der Waals surface area contributed by atoms with Gasteiger partial charge in [0.1, 0.15) is 10.6 Å². The molecular weight excluding hydrogens is 244 g/mol. The Labute approximate surface area is 100 Å². The lowest BCUT2D eigenvalue weighted by Crippen LogP contribution is -2.32. The van der Waals surface area contributed by atoms with Crippen LogP contribution in [-0.4, -0.2) is 32.8 Å². The molecule has 1 N–H and O–H groups in total. The minimum atomic E-state index is -3.55. The fourth-order valence-corrected chi connectivity index (χ4v) is 3.33. The van der Waals surface area contributed by atoms with Crippen LogP contribution in [-0.2, 0) is 14.8 Å². The highest BCUT2D eigenvalue weighted by Gasteiger charge is 2.25. The molecule has 0 aliphatic carbocycles. The Morgan fingerprint density at radius 1 is 1.47 bits per heavy atom. The number of rotatable bonds is 4. The Bertz CT molecular complexity index is 469. The summed E-state index contributed by atoms with van der Waals surface area (Å²) in [6.07, 6.45) is 1.85. The Balaban J connectivity index is 2.08. The maximum atomic E-state index is 12.0. The highest BCUT2D eigenvalue weighted by Crippen LogP contribution is 2.19. The molecule has 1 aliphatic rings. The summed E-state index contributed by atoms with van der Waals surface area (Å²) in [5.74, 6) is 0.308. The standard InChI is InChI=1S/C10H16N2O4S/c1-7-10(8(2)16-12-7)17(13,14)11-6-9-4-3-5-15-9/h9,11H,3-6H2,1-2H3/t9-/m1/s1. The summed E-state index contributed by atoms with van der Waals surface area (Å²) in [7, 11) is -3.55. The van der Waals surface area contributed by atoms with E-state index in [1.807, 2.05) is 0 Å². The number of aryl methyl sites for hydroxylation is 2. The van der Waals surface area contributed by atoms with Crippen LogP contribution in [0.25, 0.3) is 0 Å². The van der Waals surface area contributed by atoms with Crippen LogP contribution in [0.15, 0.2) is 9.42 Å². The first-order valence-corrected chi connectivity index (χ1v) is 7.03. The summed E-state index contributed by atoms with van der Waals surface area (Å²) >= 11 is 0. The number of sulfonamides is 1. The molecular formula is C10H16N2O4S. The molecule has 0 unspecified atom stereocenters. The van der Waals surface area contributed by atoms with Gasteiger partial charge in [0, 0.05) is 13.2 Å². The van der Waals surface area contributed by atoms with Crippen molar-refractivity contribution < 1.29 is 17.7 Å². The molecule has 0 saturated carbocycles. The summed E-state index contributed by atoms with van der Waals surface area (Å²) in [6, 6.07) is 0. The summed E-state index contributed by atoms with van der Waals surface area (Å²) in [5, 5.41) is 3.64. The molecule has 1 saturated heterocycles. The van der Waals surface area contributed by atoms with Gasteiger partial charge >= 0.3 is 0 Å². The van der Waals surface area contributed by atoms with Crippen molar-refractivity contribution in [2.24, 2.45) is 0 Å². The summed E-state index contributed by atoms with van der Waals surface area (Å²) in [4.78, 5) is 0.135. The predicted octanol–water partition coefficient (Wildman–Crippen LogP) is 0.749. The minimum absolute atomic E-state index is 0.0229. The van der Waals surface area contributed by atoms with Crippen LogP contribution < -0.4 is 4.72 Å². The maximum Gasteiger partial charge on any atom is 0.246 e. The molecule has 0 spiro atoms. The van der Waals surface area contributed by atoms with Crippen LogP contribution in [0.2, 0.25) is 0 Å². The van der Waals surface area contributed by atoms with Crippen LogP contribution in [0, 0.1) is 13.8 Å². The van der Waals surface area contributed by atoms with Crippen molar-refractivity contribution in [3.63, 3.8) is 0 Å². The molecule has 2 heterocycles. The van der Waals surface area contributed by atoms with Crippen molar-refractivity contribution in [2.45, 2.75) is 37.7 Å². The van der Waals surface area contributed by atoms with Crippen LogP contribution in [0.5, 0.6) is 0 Å². The zero-order valence-corrected chi connectivity index (χ0v) is 10.7. The van der Waals surface area contributed by atoms with Crippen molar-refractivity contribution in [3.05, 3.63) is 11.5 Å². The topological polar surface area (TPSA) is 81.4 Å². The molecule has 6 nitrogen and oxygen atoms in total. The van der Waals surface area contributed by atoms with Crippen LogP contribution in [0.1, 0.15) is 24.3 Å². The second-order valence-electron chi connectivity index (χ2n) is 4.14. The first kappa shape index (κ1) is 12.5. The fraction of sp³-hybridized carbons (Fsp3) is 0.700. The van der Waals surface area contributed by atoms with E-state index in [1.165, 1.54) is 0 Å². The average molecular weight is 260 g/mol. The van der Waals surface area contributed by atoms with Crippen molar-refractivity contribution >= 4 is 10.0 Å². The molecule has 1 aromatic rings. The van der Waals surface area contributed by atoms with Gasteiger partial charge in [0.15, 0.2) is 5.76 Å². The van der Waals surface area contributed by atoms with Crippen LogP contribution in [0.4, 0.5) is 0 Å². The van der Waals surface area contributed by atoms with Crippen molar-refractivity contribution in [3.8, 4) is 0 Å². The molecule has 7 heteroatoms. The van der Waals surface area contributed by atoms with E-state index in [9.17, 15) is 8.42 Å². The molecule has 1 fully saturated rings. The smallest absolute Gasteiger partial charge is 0.246 e.